The first kappa shape index (κ1) is 15.3. The van der Waals surface area contributed by atoms with Crippen LogP contribution in [0.5, 0.6) is 0 Å². The van der Waals surface area contributed by atoms with Crippen LogP contribution in [0.3, 0.4) is 0 Å². The van der Waals surface area contributed by atoms with Gasteiger partial charge >= 0.3 is 12.1 Å². The van der Waals surface area contributed by atoms with Gasteiger partial charge < -0.3 is 10.0 Å². The van der Waals surface area contributed by atoms with Crippen LogP contribution in [0.4, 0.5) is 13.2 Å². The van der Waals surface area contributed by atoms with Gasteiger partial charge in [-0.2, -0.15) is 13.2 Å². The maximum absolute atomic E-state index is 12.7. The molecule has 2 rings (SSSR count). The predicted molar refractivity (Wildman–Crippen MR) is 68.1 cm³/mol. The highest BCUT2D eigenvalue weighted by molar-refractivity contribution is 5.97. The number of amides is 1. The van der Waals surface area contributed by atoms with Gasteiger partial charge in [-0.05, 0) is 31.0 Å². The van der Waals surface area contributed by atoms with Crippen molar-refractivity contribution in [3.63, 3.8) is 0 Å². The monoisotopic (exact) mass is 301 g/mol. The third-order valence-electron chi connectivity index (χ3n) is 3.53. The number of hydrogen-bond acceptors (Lipinski definition) is 2. The fraction of sp³-hybridized carbons (Fsp3) is 0.429. The van der Waals surface area contributed by atoms with E-state index in [9.17, 15) is 22.8 Å². The van der Waals surface area contributed by atoms with E-state index in [-0.39, 0.29) is 37.1 Å². The number of piperidine rings is 1. The second-order valence-electron chi connectivity index (χ2n) is 5.02. The molecule has 0 aliphatic carbocycles. The Balaban J connectivity index is 2.16. The number of benzene rings is 1. The predicted octanol–water partition coefficient (Wildman–Crippen LogP) is 2.80. The van der Waals surface area contributed by atoms with E-state index >= 15 is 0 Å². The molecule has 0 radical (unpaired) electrons. The molecule has 1 N–H and O–H groups in total. The smallest absolute Gasteiger partial charge is 0.393 e. The third kappa shape index (κ3) is 3.53. The van der Waals surface area contributed by atoms with Gasteiger partial charge in [-0.15, -0.1) is 0 Å². The average molecular weight is 301 g/mol. The molecule has 1 aromatic rings. The van der Waals surface area contributed by atoms with Crippen molar-refractivity contribution >= 4 is 11.9 Å². The van der Waals surface area contributed by atoms with E-state index in [4.69, 9.17) is 5.11 Å². The van der Waals surface area contributed by atoms with E-state index in [0.717, 1.165) is 4.90 Å². The van der Waals surface area contributed by atoms with E-state index in [1.54, 1.807) is 0 Å². The highest BCUT2D eigenvalue weighted by Crippen LogP contribution is 2.33. The van der Waals surface area contributed by atoms with Crippen molar-refractivity contribution in [2.24, 2.45) is 5.92 Å². The Bertz CT molecular complexity index is 557. The SMILES string of the molecule is O=C(O)c1cccc(C(=O)N2CCC[C@H](C(F)(F)F)C2)c1. The highest BCUT2D eigenvalue weighted by Gasteiger charge is 2.42. The topological polar surface area (TPSA) is 57.6 Å². The Morgan fingerprint density at radius 2 is 1.90 bits per heavy atom. The molecule has 1 saturated heterocycles. The number of carboxylic acids is 1. The van der Waals surface area contributed by atoms with Gasteiger partial charge in [-0.25, -0.2) is 4.79 Å². The van der Waals surface area contributed by atoms with Crippen LogP contribution >= 0.6 is 0 Å². The molecule has 4 nitrogen and oxygen atoms in total. The molecular weight excluding hydrogens is 287 g/mol. The summed E-state index contributed by atoms with van der Waals surface area (Å²) in [5.41, 5.74) is 0.0305. The molecule has 1 atom stereocenters. The summed E-state index contributed by atoms with van der Waals surface area (Å²) in [7, 11) is 0. The number of halogens is 3. The van der Waals surface area contributed by atoms with Crippen LogP contribution < -0.4 is 0 Å². The second-order valence-corrected chi connectivity index (χ2v) is 5.02. The zero-order valence-corrected chi connectivity index (χ0v) is 11.1. The van der Waals surface area contributed by atoms with Crippen LogP contribution in [0.15, 0.2) is 24.3 Å². The first-order chi connectivity index (χ1) is 9.79. The zero-order valence-electron chi connectivity index (χ0n) is 11.1. The number of aromatic carboxylic acids is 1. The number of carbonyl (C=O) groups is 2. The molecule has 1 aromatic carbocycles. The number of alkyl halides is 3. The molecule has 0 unspecified atom stereocenters. The number of carboxylic acid groups (broad SMARTS) is 1. The molecule has 1 fully saturated rings. The van der Waals surface area contributed by atoms with Crippen LogP contribution in [0.25, 0.3) is 0 Å². The van der Waals surface area contributed by atoms with E-state index in [1.807, 2.05) is 0 Å². The maximum Gasteiger partial charge on any atom is 0.393 e. The molecule has 0 bridgehead atoms. The Kier molecular flexibility index (Phi) is 4.20. The summed E-state index contributed by atoms with van der Waals surface area (Å²) in [5.74, 6) is -3.26. The van der Waals surface area contributed by atoms with Crippen LogP contribution in [-0.2, 0) is 0 Å². The van der Waals surface area contributed by atoms with Crippen molar-refractivity contribution in [3.8, 4) is 0 Å². The molecule has 0 spiro atoms. The van der Waals surface area contributed by atoms with Crippen molar-refractivity contribution in [1.82, 2.24) is 4.90 Å². The minimum atomic E-state index is -4.32. The molecular formula is C14H14F3NO3. The van der Waals surface area contributed by atoms with Crippen molar-refractivity contribution < 1.29 is 27.9 Å². The lowest BCUT2D eigenvalue weighted by molar-refractivity contribution is -0.184. The van der Waals surface area contributed by atoms with Crippen molar-refractivity contribution in [2.45, 2.75) is 19.0 Å². The minimum Gasteiger partial charge on any atom is -0.478 e. The molecule has 114 valence electrons. The Morgan fingerprint density at radius 1 is 1.24 bits per heavy atom. The van der Waals surface area contributed by atoms with Gasteiger partial charge in [0.15, 0.2) is 0 Å². The summed E-state index contributed by atoms with van der Waals surface area (Å²) in [4.78, 5) is 24.2. The van der Waals surface area contributed by atoms with Crippen LogP contribution in [0.1, 0.15) is 33.6 Å². The summed E-state index contributed by atoms with van der Waals surface area (Å²) in [6.07, 6.45) is -4.02. The van der Waals surface area contributed by atoms with Gasteiger partial charge in [0.05, 0.1) is 11.5 Å². The molecule has 1 heterocycles. The van der Waals surface area contributed by atoms with E-state index in [2.05, 4.69) is 0 Å². The standard InChI is InChI=1S/C14H14F3NO3/c15-14(16,17)11-5-2-6-18(8-11)12(19)9-3-1-4-10(7-9)13(20)21/h1,3-4,7,11H,2,5-6,8H2,(H,20,21)/t11-/m0/s1. The van der Waals surface area contributed by atoms with E-state index in [0.29, 0.717) is 0 Å². The molecule has 1 amide bonds. The van der Waals surface area contributed by atoms with Crippen molar-refractivity contribution in [3.05, 3.63) is 35.4 Å². The fourth-order valence-corrected chi connectivity index (χ4v) is 2.40. The quantitative estimate of drug-likeness (QED) is 0.914. The molecule has 0 aromatic heterocycles. The fourth-order valence-electron chi connectivity index (χ4n) is 2.40. The van der Waals surface area contributed by atoms with Gasteiger partial charge in [0.1, 0.15) is 0 Å². The lowest BCUT2D eigenvalue weighted by atomic mass is 9.96. The number of hydrogen-bond donors (Lipinski definition) is 1. The zero-order chi connectivity index (χ0) is 15.6. The number of rotatable bonds is 2. The average Bonchev–Trinajstić information content (AvgIpc) is 2.46. The summed E-state index contributed by atoms with van der Waals surface area (Å²) in [6.45, 7) is -0.123. The van der Waals surface area contributed by atoms with Gasteiger partial charge in [0.2, 0.25) is 0 Å². The Hall–Kier alpha value is -2.05. The molecule has 0 saturated carbocycles. The van der Waals surface area contributed by atoms with E-state index in [1.165, 1.54) is 24.3 Å². The normalized spacial score (nSPS) is 19.4. The van der Waals surface area contributed by atoms with Gasteiger partial charge in [0, 0.05) is 18.7 Å². The Morgan fingerprint density at radius 3 is 2.52 bits per heavy atom. The van der Waals surface area contributed by atoms with Crippen LogP contribution in [0.2, 0.25) is 0 Å². The van der Waals surface area contributed by atoms with Gasteiger partial charge in [-0.1, -0.05) is 6.07 Å². The molecule has 21 heavy (non-hydrogen) atoms. The lowest BCUT2D eigenvalue weighted by Crippen LogP contribution is -2.44. The number of nitrogens with zero attached hydrogens (tertiary/aromatic N) is 1. The minimum absolute atomic E-state index is 0.0163. The lowest BCUT2D eigenvalue weighted by Gasteiger charge is -2.33. The maximum atomic E-state index is 12.7. The molecule has 7 heteroatoms. The first-order valence-corrected chi connectivity index (χ1v) is 6.48. The summed E-state index contributed by atoms with van der Waals surface area (Å²) < 4.78 is 38.2. The highest BCUT2D eigenvalue weighted by atomic mass is 19.4. The number of likely N-dealkylation sites (tertiary alicyclic amines) is 1. The summed E-state index contributed by atoms with van der Waals surface area (Å²) in [5, 5.41) is 8.88. The van der Waals surface area contributed by atoms with Gasteiger partial charge in [-0.3, -0.25) is 4.79 Å². The summed E-state index contributed by atoms with van der Waals surface area (Å²) in [6, 6.07) is 5.32. The van der Waals surface area contributed by atoms with Gasteiger partial charge in [0.25, 0.3) is 5.91 Å². The number of carbonyl (C=O) groups excluding carboxylic acids is 1. The first-order valence-electron chi connectivity index (χ1n) is 6.48. The molecule has 1 aliphatic rings. The van der Waals surface area contributed by atoms with Crippen LogP contribution in [0, 0.1) is 5.92 Å². The largest absolute Gasteiger partial charge is 0.478 e. The van der Waals surface area contributed by atoms with Crippen molar-refractivity contribution in [1.29, 1.82) is 0 Å². The second kappa shape index (κ2) is 5.75. The Labute approximate surface area is 119 Å². The van der Waals surface area contributed by atoms with E-state index < -0.39 is 24.0 Å². The van der Waals surface area contributed by atoms with Crippen molar-refractivity contribution in [2.75, 3.05) is 13.1 Å². The van der Waals surface area contributed by atoms with Crippen LogP contribution in [-0.4, -0.2) is 41.1 Å². The third-order valence-corrected chi connectivity index (χ3v) is 3.53. The molecule has 1 aliphatic heterocycles. The summed E-state index contributed by atoms with van der Waals surface area (Å²) >= 11 is 0.